The molecule has 1 N–H and O–H groups in total. The summed E-state index contributed by atoms with van der Waals surface area (Å²) in [4.78, 5) is 49.4. The normalized spacial score (nSPS) is 20.6. The predicted molar refractivity (Wildman–Crippen MR) is 103 cm³/mol. The largest absolute Gasteiger partial charge is 0.456 e. The van der Waals surface area contributed by atoms with Crippen molar-refractivity contribution in [3.8, 4) is 0 Å². The SMILES string of the molecule is O=C(COC(=O)CCN1C(=O)[C@@H]2CC=CC[C@H]2C1=O)Nc1ccc(Cl)c(C(F)(F)F)c1. The molecule has 7 nitrogen and oxygen atoms in total. The molecule has 1 heterocycles. The maximum absolute atomic E-state index is 12.9. The highest BCUT2D eigenvalue weighted by Crippen LogP contribution is 2.36. The van der Waals surface area contributed by atoms with Gasteiger partial charge in [0.25, 0.3) is 5.91 Å². The topological polar surface area (TPSA) is 92.8 Å². The third kappa shape index (κ3) is 5.25. The molecule has 166 valence electrons. The van der Waals surface area contributed by atoms with E-state index in [4.69, 9.17) is 16.3 Å². The molecule has 2 atom stereocenters. The number of esters is 1. The number of hydrogen-bond donors (Lipinski definition) is 1. The third-order valence-electron chi connectivity index (χ3n) is 5.06. The molecule has 0 unspecified atom stereocenters. The molecule has 1 fully saturated rings. The second-order valence-corrected chi connectivity index (χ2v) is 7.54. The maximum Gasteiger partial charge on any atom is 0.417 e. The summed E-state index contributed by atoms with van der Waals surface area (Å²) in [6.45, 7) is -0.892. The number of carbonyl (C=O) groups is 4. The molecule has 0 bridgehead atoms. The van der Waals surface area contributed by atoms with Crippen molar-refractivity contribution in [3.63, 3.8) is 0 Å². The molecule has 2 aliphatic rings. The Kier molecular flexibility index (Phi) is 6.68. The molecule has 1 aliphatic heterocycles. The molecule has 0 radical (unpaired) electrons. The summed E-state index contributed by atoms with van der Waals surface area (Å²) in [6, 6.07) is 2.83. The number of alkyl halides is 3. The summed E-state index contributed by atoms with van der Waals surface area (Å²) in [5.41, 5.74) is -1.28. The summed E-state index contributed by atoms with van der Waals surface area (Å²) in [5.74, 6) is -3.13. The van der Waals surface area contributed by atoms with E-state index in [1.807, 2.05) is 12.2 Å². The van der Waals surface area contributed by atoms with Crippen LogP contribution in [0.25, 0.3) is 0 Å². The van der Waals surface area contributed by atoms with Gasteiger partial charge in [-0.05, 0) is 31.0 Å². The number of nitrogens with zero attached hydrogens (tertiary/aromatic N) is 1. The molecule has 1 aromatic carbocycles. The summed E-state index contributed by atoms with van der Waals surface area (Å²) < 4.78 is 43.4. The van der Waals surface area contributed by atoms with Crippen LogP contribution in [0.3, 0.4) is 0 Å². The van der Waals surface area contributed by atoms with Crippen molar-refractivity contribution in [2.24, 2.45) is 11.8 Å². The molecular formula is C20H18ClF3N2O5. The van der Waals surface area contributed by atoms with Gasteiger partial charge in [-0.15, -0.1) is 0 Å². The summed E-state index contributed by atoms with van der Waals surface area (Å²) in [7, 11) is 0. The zero-order valence-electron chi connectivity index (χ0n) is 16.1. The van der Waals surface area contributed by atoms with Crippen LogP contribution in [0.1, 0.15) is 24.8 Å². The Bertz CT molecular complexity index is 921. The predicted octanol–water partition coefficient (Wildman–Crippen LogP) is 3.18. The van der Waals surface area contributed by atoms with E-state index >= 15 is 0 Å². The van der Waals surface area contributed by atoms with Crippen molar-refractivity contribution in [3.05, 3.63) is 40.9 Å². The Labute approximate surface area is 180 Å². The van der Waals surface area contributed by atoms with Crippen LogP contribution in [0.2, 0.25) is 5.02 Å². The number of anilines is 1. The van der Waals surface area contributed by atoms with E-state index in [1.54, 1.807) is 0 Å². The van der Waals surface area contributed by atoms with Gasteiger partial charge >= 0.3 is 12.1 Å². The van der Waals surface area contributed by atoms with E-state index < -0.39 is 47.1 Å². The van der Waals surface area contributed by atoms with Crippen molar-refractivity contribution in [1.82, 2.24) is 4.90 Å². The van der Waals surface area contributed by atoms with Crippen molar-refractivity contribution in [1.29, 1.82) is 0 Å². The number of rotatable bonds is 6. The number of benzene rings is 1. The molecule has 0 aromatic heterocycles. The lowest BCUT2D eigenvalue weighted by Crippen LogP contribution is -2.33. The zero-order chi connectivity index (χ0) is 22.8. The van der Waals surface area contributed by atoms with E-state index in [0.29, 0.717) is 18.9 Å². The summed E-state index contributed by atoms with van der Waals surface area (Å²) >= 11 is 5.51. The van der Waals surface area contributed by atoms with E-state index in [1.165, 1.54) is 6.07 Å². The van der Waals surface area contributed by atoms with Crippen LogP contribution < -0.4 is 5.32 Å². The van der Waals surface area contributed by atoms with Gasteiger partial charge in [-0.2, -0.15) is 13.2 Å². The minimum Gasteiger partial charge on any atom is -0.456 e. The van der Waals surface area contributed by atoms with Gasteiger partial charge in [0.2, 0.25) is 11.8 Å². The first-order valence-corrected chi connectivity index (χ1v) is 9.78. The minimum atomic E-state index is -4.69. The number of imide groups is 1. The fourth-order valence-corrected chi connectivity index (χ4v) is 3.75. The van der Waals surface area contributed by atoms with Crippen LogP contribution in [-0.2, 0) is 30.1 Å². The van der Waals surface area contributed by atoms with Gasteiger partial charge in [0.05, 0.1) is 28.8 Å². The molecule has 3 rings (SSSR count). The molecule has 31 heavy (non-hydrogen) atoms. The first-order valence-electron chi connectivity index (χ1n) is 9.40. The van der Waals surface area contributed by atoms with E-state index in [0.717, 1.165) is 11.0 Å². The zero-order valence-corrected chi connectivity index (χ0v) is 16.8. The minimum absolute atomic E-state index is 0.156. The van der Waals surface area contributed by atoms with Crippen molar-refractivity contribution >= 4 is 41.0 Å². The van der Waals surface area contributed by atoms with E-state index in [2.05, 4.69) is 5.32 Å². The van der Waals surface area contributed by atoms with Gasteiger partial charge in [-0.1, -0.05) is 23.8 Å². The van der Waals surface area contributed by atoms with Crippen molar-refractivity contribution < 1.29 is 37.1 Å². The Morgan fingerprint density at radius 3 is 2.32 bits per heavy atom. The average Bonchev–Trinajstić information content (AvgIpc) is 2.96. The van der Waals surface area contributed by atoms with Crippen molar-refractivity contribution in [2.45, 2.75) is 25.4 Å². The van der Waals surface area contributed by atoms with Crippen LogP contribution in [0.5, 0.6) is 0 Å². The van der Waals surface area contributed by atoms with Gasteiger partial charge in [0, 0.05) is 12.2 Å². The van der Waals surface area contributed by atoms with E-state index in [-0.39, 0.29) is 30.5 Å². The van der Waals surface area contributed by atoms with Crippen LogP contribution in [0, 0.1) is 11.8 Å². The Hall–Kier alpha value is -2.88. The highest BCUT2D eigenvalue weighted by Gasteiger charge is 2.47. The maximum atomic E-state index is 12.9. The van der Waals surface area contributed by atoms with Crippen LogP contribution in [0.4, 0.5) is 18.9 Å². The fourth-order valence-electron chi connectivity index (χ4n) is 3.53. The lowest BCUT2D eigenvalue weighted by Gasteiger charge is -2.14. The fraction of sp³-hybridized carbons (Fsp3) is 0.400. The Morgan fingerprint density at radius 1 is 1.13 bits per heavy atom. The number of likely N-dealkylation sites (tertiary alicyclic amines) is 1. The van der Waals surface area contributed by atoms with Crippen LogP contribution in [-0.4, -0.2) is 41.7 Å². The molecule has 11 heteroatoms. The van der Waals surface area contributed by atoms with Gasteiger partial charge in [-0.3, -0.25) is 24.1 Å². The highest BCUT2D eigenvalue weighted by atomic mass is 35.5. The molecule has 0 saturated carbocycles. The number of halogens is 4. The standard InChI is InChI=1S/C20H18ClF3N2O5/c21-15-6-5-11(9-14(15)20(22,23)24)25-16(27)10-31-17(28)7-8-26-18(29)12-3-1-2-4-13(12)19(26)30/h1-2,5-6,9,12-13H,3-4,7-8,10H2,(H,25,27)/t12-,13-/m1/s1. The van der Waals surface area contributed by atoms with Gasteiger partial charge < -0.3 is 10.1 Å². The van der Waals surface area contributed by atoms with Crippen LogP contribution >= 0.6 is 11.6 Å². The van der Waals surface area contributed by atoms with Gasteiger partial charge in [0.15, 0.2) is 6.61 Å². The summed E-state index contributed by atoms with van der Waals surface area (Å²) in [5, 5.41) is 1.67. The van der Waals surface area contributed by atoms with Gasteiger partial charge in [0.1, 0.15) is 0 Å². The van der Waals surface area contributed by atoms with Crippen molar-refractivity contribution in [2.75, 3.05) is 18.5 Å². The van der Waals surface area contributed by atoms with E-state index in [9.17, 15) is 32.3 Å². The quantitative estimate of drug-likeness (QED) is 0.401. The summed E-state index contributed by atoms with van der Waals surface area (Å²) in [6.07, 6.45) is -0.324. The Morgan fingerprint density at radius 2 is 1.74 bits per heavy atom. The lowest BCUT2D eigenvalue weighted by atomic mass is 9.85. The number of ether oxygens (including phenoxy) is 1. The highest BCUT2D eigenvalue weighted by molar-refractivity contribution is 6.31. The number of fused-ring (bicyclic) bond motifs is 1. The molecule has 0 spiro atoms. The second kappa shape index (κ2) is 9.09. The Balaban J connectivity index is 1.46. The smallest absolute Gasteiger partial charge is 0.417 e. The molecule has 1 aliphatic carbocycles. The number of hydrogen-bond acceptors (Lipinski definition) is 5. The lowest BCUT2D eigenvalue weighted by molar-refractivity contribution is -0.148. The second-order valence-electron chi connectivity index (χ2n) is 7.14. The molecule has 1 aromatic rings. The molecule has 3 amide bonds. The van der Waals surface area contributed by atoms with Gasteiger partial charge in [-0.25, -0.2) is 0 Å². The number of nitrogens with one attached hydrogen (secondary N) is 1. The molecule has 1 saturated heterocycles. The number of allylic oxidation sites excluding steroid dienone is 2. The average molecular weight is 459 g/mol. The number of amides is 3. The number of carbonyl (C=O) groups excluding carboxylic acids is 4. The third-order valence-corrected chi connectivity index (χ3v) is 5.39. The first kappa shape index (κ1) is 22.8. The monoisotopic (exact) mass is 458 g/mol. The molecular weight excluding hydrogens is 441 g/mol. The van der Waals surface area contributed by atoms with Crippen LogP contribution in [0.15, 0.2) is 30.4 Å². The first-order chi connectivity index (χ1) is 14.6.